The highest BCUT2D eigenvalue weighted by Gasteiger charge is 2.32. The van der Waals surface area contributed by atoms with E-state index in [0.29, 0.717) is 0 Å². The number of aliphatic carboxylic acids is 1. The van der Waals surface area contributed by atoms with Crippen molar-refractivity contribution in [2.24, 2.45) is 5.41 Å². The van der Waals surface area contributed by atoms with Gasteiger partial charge in [-0.15, -0.1) is 0 Å². The van der Waals surface area contributed by atoms with Crippen molar-refractivity contribution in [3.05, 3.63) is 0 Å². The molecule has 4 nitrogen and oxygen atoms in total. The Morgan fingerprint density at radius 1 is 1.23 bits per heavy atom. The zero-order valence-electron chi connectivity index (χ0n) is 8.41. The molecule has 0 heterocycles. The van der Waals surface area contributed by atoms with E-state index in [0.717, 1.165) is 19.3 Å². The van der Waals surface area contributed by atoms with Gasteiger partial charge >= 0.3 is 5.97 Å². The average molecular weight is 190 g/mol. The van der Waals surface area contributed by atoms with E-state index in [-0.39, 0.29) is 6.47 Å². The van der Waals surface area contributed by atoms with Crippen LogP contribution >= 0.6 is 0 Å². The molecule has 0 fully saturated rings. The second-order valence-electron chi connectivity index (χ2n) is 2.75. The van der Waals surface area contributed by atoms with Gasteiger partial charge in [-0.3, -0.25) is 9.59 Å². The van der Waals surface area contributed by atoms with Gasteiger partial charge in [-0.05, 0) is 19.3 Å². The summed E-state index contributed by atoms with van der Waals surface area (Å²) in [6.45, 7) is 5.54. The average Bonchev–Trinajstić information content (AvgIpc) is 2.09. The third-order valence-corrected chi connectivity index (χ3v) is 2.48. The molecule has 78 valence electrons. The van der Waals surface area contributed by atoms with Gasteiger partial charge in [0.1, 0.15) is 0 Å². The minimum atomic E-state index is -0.653. The molecule has 0 aromatic rings. The Kier molecular flexibility index (Phi) is 8.44. The molecule has 2 N–H and O–H groups in total. The smallest absolute Gasteiger partial charge is 0.309 e. The standard InChI is InChI=1S/C8H16O2.CH2O2/c1-4-8(5-2,6-3)7(9)10;2-1-3/h4-6H2,1-3H3,(H,9,10);1H,(H,2,3). The highest BCUT2D eigenvalue weighted by Crippen LogP contribution is 2.30. The molecule has 0 spiro atoms. The lowest BCUT2D eigenvalue weighted by Crippen LogP contribution is -2.28. The normalized spacial score (nSPS) is 9.77. The molecule has 0 aromatic heterocycles. The predicted octanol–water partition coefficient (Wildman–Crippen LogP) is 1.99. The van der Waals surface area contributed by atoms with Crippen molar-refractivity contribution in [3.63, 3.8) is 0 Å². The van der Waals surface area contributed by atoms with Crippen LogP contribution in [-0.2, 0) is 9.59 Å². The number of carboxylic acids is 1. The predicted molar refractivity (Wildman–Crippen MR) is 49.6 cm³/mol. The second kappa shape index (κ2) is 7.58. The fourth-order valence-electron chi connectivity index (χ4n) is 1.20. The SMILES string of the molecule is CCC(CC)(CC)C(=O)O.O=CO. The van der Waals surface area contributed by atoms with Crippen LogP contribution in [0.5, 0.6) is 0 Å². The van der Waals surface area contributed by atoms with Gasteiger partial charge in [0.2, 0.25) is 0 Å². The van der Waals surface area contributed by atoms with Gasteiger partial charge in [-0.1, -0.05) is 20.8 Å². The van der Waals surface area contributed by atoms with Crippen LogP contribution in [0.3, 0.4) is 0 Å². The van der Waals surface area contributed by atoms with Gasteiger partial charge in [0, 0.05) is 0 Å². The maximum atomic E-state index is 10.7. The van der Waals surface area contributed by atoms with Crippen molar-refractivity contribution < 1.29 is 19.8 Å². The largest absolute Gasteiger partial charge is 0.483 e. The third-order valence-electron chi connectivity index (χ3n) is 2.48. The summed E-state index contributed by atoms with van der Waals surface area (Å²) >= 11 is 0. The minimum absolute atomic E-state index is 0.250. The summed E-state index contributed by atoms with van der Waals surface area (Å²) in [4.78, 5) is 19.1. The van der Waals surface area contributed by atoms with Gasteiger partial charge in [0.15, 0.2) is 0 Å². The Labute approximate surface area is 78.6 Å². The summed E-state index contributed by atoms with van der Waals surface area (Å²) in [7, 11) is 0. The van der Waals surface area contributed by atoms with Gasteiger partial charge in [0.05, 0.1) is 5.41 Å². The van der Waals surface area contributed by atoms with Crippen LogP contribution in [0.4, 0.5) is 0 Å². The van der Waals surface area contributed by atoms with Crippen molar-refractivity contribution in [2.75, 3.05) is 0 Å². The molecule has 0 saturated carbocycles. The number of hydrogen-bond acceptors (Lipinski definition) is 2. The first-order chi connectivity index (χ1) is 6.04. The molecule has 0 unspecified atom stereocenters. The minimum Gasteiger partial charge on any atom is -0.483 e. The van der Waals surface area contributed by atoms with Crippen molar-refractivity contribution in [3.8, 4) is 0 Å². The molecule has 0 atom stereocenters. The summed E-state index contributed by atoms with van der Waals surface area (Å²) in [5.74, 6) is -0.653. The lowest BCUT2D eigenvalue weighted by molar-refractivity contribution is -0.149. The fourth-order valence-corrected chi connectivity index (χ4v) is 1.20. The zero-order chi connectivity index (χ0) is 10.9. The highest BCUT2D eigenvalue weighted by molar-refractivity contribution is 5.74. The monoisotopic (exact) mass is 190 g/mol. The summed E-state index contributed by atoms with van der Waals surface area (Å²) in [6, 6.07) is 0. The molecule has 13 heavy (non-hydrogen) atoms. The van der Waals surface area contributed by atoms with E-state index >= 15 is 0 Å². The number of hydrogen-bond donors (Lipinski definition) is 2. The Morgan fingerprint density at radius 2 is 1.46 bits per heavy atom. The molecule has 4 heteroatoms. The molecule has 0 aromatic carbocycles. The molecule has 0 aliphatic heterocycles. The van der Waals surface area contributed by atoms with E-state index in [4.69, 9.17) is 15.0 Å². The molecule has 0 aliphatic carbocycles. The van der Waals surface area contributed by atoms with Gasteiger partial charge in [-0.2, -0.15) is 0 Å². The van der Waals surface area contributed by atoms with Gasteiger partial charge in [-0.25, -0.2) is 0 Å². The summed E-state index contributed by atoms with van der Waals surface area (Å²) in [5.41, 5.74) is -0.458. The van der Waals surface area contributed by atoms with E-state index in [2.05, 4.69) is 0 Å². The van der Waals surface area contributed by atoms with Crippen LogP contribution in [0.15, 0.2) is 0 Å². The zero-order valence-corrected chi connectivity index (χ0v) is 8.41. The lowest BCUT2D eigenvalue weighted by Gasteiger charge is -2.24. The van der Waals surface area contributed by atoms with Crippen molar-refractivity contribution in [1.82, 2.24) is 0 Å². The summed E-state index contributed by atoms with van der Waals surface area (Å²) < 4.78 is 0. The van der Waals surface area contributed by atoms with E-state index in [1.54, 1.807) is 0 Å². The number of carbonyl (C=O) groups is 2. The van der Waals surface area contributed by atoms with E-state index in [1.807, 2.05) is 20.8 Å². The van der Waals surface area contributed by atoms with Crippen LogP contribution in [-0.4, -0.2) is 22.7 Å². The van der Waals surface area contributed by atoms with Gasteiger partial charge < -0.3 is 10.2 Å². The molecule has 0 bridgehead atoms. The van der Waals surface area contributed by atoms with Crippen LogP contribution in [0.25, 0.3) is 0 Å². The fraction of sp³-hybridized carbons (Fsp3) is 0.778. The Hall–Kier alpha value is -1.06. The van der Waals surface area contributed by atoms with Crippen molar-refractivity contribution >= 4 is 12.4 Å². The first-order valence-electron chi connectivity index (χ1n) is 4.35. The van der Waals surface area contributed by atoms with Crippen molar-refractivity contribution in [2.45, 2.75) is 40.0 Å². The van der Waals surface area contributed by atoms with E-state index in [1.165, 1.54) is 0 Å². The number of rotatable bonds is 4. The Morgan fingerprint density at radius 3 is 1.46 bits per heavy atom. The van der Waals surface area contributed by atoms with Crippen molar-refractivity contribution in [1.29, 1.82) is 0 Å². The topological polar surface area (TPSA) is 74.6 Å². The summed E-state index contributed by atoms with van der Waals surface area (Å²) in [5, 5.41) is 15.7. The second-order valence-corrected chi connectivity index (χ2v) is 2.75. The van der Waals surface area contributed by atoms with Crippen LogP contribution in [0, 0.1) is 5.41 Å². The van der Waals surface area contributed by atoms with Gasteiger partial charge in [0.25, 0.3) is 6.47 Å². The first-order valence-corrected chi connectivity index (χ1v) is 4.35. The maximum Gasteiger partial charge on any atom is 0.309 e. The highest BCUT2D eigenvalue weighted by atomic mass is 16.4. The lowest BCUT2D eigenvalue weighted by atomic mass is 9.80. The van der Waals surface area contributed by atoms with E-state index < -0.39 is 11.4 Å². The first kappa shape index (κ1) is 14.5. The molecular formula is C9H18O4. The van der Waals surface area contributed by atoms with Crippen LogP contribution < -0.4 is 0 Å². The quantitative estimate of drug-likeness (QED) is 0.665. The summed E-state index contributed by atoms with van der Waals surface area (Å²) in [6.07, 6.45) is 2.19. The molecule has 0 amide bonds. The van der Waals surface area contributed by atoms with Crippen LogP contribution in [0.2, 0.25) is 0 Å². The Balaban J connectivity index is 0. The molecular weight excluding hydrogens is 172 g/mol. The molecule has 0 aliphatic rings. The van der Waals surface area contributed by atoms with E-state index in [9.17, 15) is 4.79 Å². The third kappa shape index (κ3) is 4.50. The maximum absolute atomic E-state index is 10.7. The molecule has 0 radical (unpaired) electrons. The molecule has 0 rings (SSSR count). The van der Waals surface area contributed by atoms with Crippen LogP contribution in [0.1, 0.15) is 40.0 Å². The number of carboxylic acid groups (broad SMARTS) is 2. The molecule has 0 saturated heterocycles. The Bertz CT molecular complexity index is 141.